The van der Waals surface area contributed by atoms with Crippen LogP contribution < -0.4 is 32.3 Å². The van der Waals surface area contributed by atoms with E-state index < -0.39 is 52.3 Å². The van der Waals surface area contributed by atoms with Crippen LogP contribution in [0.5, 0.6) is 0 Å². The first-order valence-electron chi connectivity index (χ1n) is 13.2. The Kier molecular flexibility index (Phi) is 12.0. The van der Waals surface area contributed by atoms with Gasteiger partial charge in [-0.15, -0.1) is 0 Å². The van der Waals surface area contributed by atoms with Gasteiger partial charge in [0.05, 0.1) is 21.5 Å². The fraction of sp³-hybridized carbons (Fsp3) is 0.630. The van der Waals surface area contributed by atoms with Crippen molar-refractivity contribution in [3.63, 3.8) is 0 Å². The Morgan fingerprint density at radius 1 is 1.05 bits per heavy atom. The quantitative estimate of drug-likeness (QED) is 0.159. The van der Waals surface area contributed by atoms with Crippen molar-refractivity contribution in [3.8, 4) is 0 Å². The fourth-order valence-electron chi connectivity index (χ4n) is 4.29. The third kappa shape index (κ3) is 10.6. The molecule has 0 spiro atoms. The third-order valence-electron chi connectivity index (χ3n) is 6.39. The second-order valence-corrected chi connectivity index (χ2v) is 13.7. The van der Waals surface area contributed by atoms with Crippen molar-refractivity contribution in [3.05, 3.63) is 33.8 Å². The van der Waals surface area contributed by atoms with Crippen LogP contribution in [0.25, 0.3) is 0 Å². The van der Waals surface area contributed by atoms with Crippen LogP contribution in [0.4, 0.5) is 4.79 Å². The van der Waals surface area contributed by atoms with Crippen molar-refractivity contribution in [1.82, 2.24) is 26.6 Å². The van der Waals surface area contributed by atoms with Gasteiger partial charge in [0.15, 0.2) is 0 Å². The number of hydrogen-bond donors (Lipinski definition) is 7. The molecular weight excluding hydrogens is 575 g/mol. The minimum Gasteiger partial charge on any atom is -0.356 e. The highest BCUT2D eigenvalue weighted by Gasteiger charge is 2.37. The molecule has 1 aromatic rings. The highest BCUT2D eigenvalue weighted by atomic mass is 35.5. The summed E-state index contributed by atoms with van der Waals surface area (Å²) in [5.74, 6) is -1.46. The number of nitrogens with one attached hydrogen (secondary N) is 5. The van der Waals surface area contributed by atoms with E-state index in [0.29, 0.717) is 35.0 Å². The molecule has 1 aliphatic rings. The van der Waals surface area contributed by atoms with Crippen LogP contribution in [-0.2, 0) is 20.8 Å². The predicted octanol–water partition coefficient (Wildman–Crippen LogP) is 2.76. The maximum Gasteiger partial charge on any atom is 0.315 e. The Labute approximate surface area is 252 Å². The molecular formula is C27H42Cl2N6O4S. The molecule has 13 heteroatoms. The molecule has 1 saturated heterocycles. The molecule has 1 aliphatic heterocycles. The lowest BCUT2D eigenvalue weighted by molar-refractivity contribution is -0.131. The summed E-state index contributed by atoms with van der Waals surface area (Å²) in [7, 11) is 0. The van der Waals surface area contributed by atoms with Gasteiger partial charge >= 0.3 is 6.03 Å². The molecule has 0 radical (unpaired) electrons. The molecule has 5 amide bonds. The van der Waals surface area contributed by atoms with Crippen LogP contribution in [0.3, 0.4) is 0 Å². The zero-order valence-electron chi connectivity index (χ0n) is 23.9. The van der Waals surface area contributed by atoms with Crippen molar-refractivity contribution in [2.45, 2.75) is 89.8 Å². The minimum absolute atomic E-state index is 0.0813. The largest absolute Gasteiger partial charge is 0.356 e. The molecule has 7 N–H and O–H groups in total. The van der Waals surface area contributed by atoms with Gasteiger partial charge in [-0.2, -0.15) is 12.6 Å². The monoisotopic (exact) mass is 616 g/mol. The molecule has 0 aromatic heterocycles. The molecule has 0 aliphatic carbocycles. The standard InChI is InChI=1S/C27H42Cl2N6O4S/c1-26(2,3)20(34-25(39)35-27(4,5)6)24(38)33-19(12-14-7-8-16(28)17(29)11-14)23(37)32-18(21(30)40)13-15-9-10-31-22(15)36/h7-8,11,15,18-21,40H,9-10,12-13,30H2,1-6H3,(H,31,36)(H,32,37)(H,33,38)(H2,34,35,39)/t15-,18-,19-,20+,21?/m0/s1. The molecule has 224 valence electrons. The summed E-state index contributed by atoms with van der Waals surface area (Å²) in [6, 6.07) is 1.77. The summed E-state index contributed by atoms with van der Waals surface area (Å²) in [6.45, 7) is 11.5. The van der Waals surface area contributed by atoms with Crippen LogP contribution in [-0.4, -0.2) is 59.3 Å². The van der Waals surface area contributed by atoms with E-state index in [1.54, 1.807) is 18.2 Å². The van der Waals surface area contributed by atoms with E-state index in [1.807, 2.05) is 41.5 Å². The van der Waals surface area contributed by atoms with Gasteiger partial charge in [-0.05, 0) is 56.7 Å². The van der Waals surface area contributed by atoms with Gasteiger partial charge in [0.1, 0.15) is 12.1 Å². The lowest BCUT2D eigenvalue weighted by Crippen LogP contribution is -2.61. The first-order valence-corrected chi connectivity index (χ1v) is 14.5. The average Bonchev–Trinajstić information content (AvgIpc) is 3.21. The second kappa shape index (κ2) is 14.1. The summed E-state index contributed by atoms with van der Waals surface area (Å²) in [5.41, 5.74) is 5.51. The molecule has 10 nitrogen and oxygen atoms in total. The smallest absolute Gasteiger partial charge is 0.315 e. The van der Waals surface area contributed by atoms with Crippen molar-refractivity contribution in [1.29, 1.82) is 0 Å². The van der Waals surface area contributed by atoms with Crippen LogP contribution >= 0.6 is 35.8 Å². The number of nitrogens with two attached hydrogens (primary N) is 1. The van der Waals surface area contributed by atoms with E-state index in [2.05, 4.69) is 39.2 Å². The zero-order valence-corrected chi connectivity index (χ0v) is 26.3. The lowest BCUT2D eigenvalue weighted by Gasteiger charge is -2.33. The topological polar surface area (TPSA) is 154 Å². The maximum atomic E-state index is 13.6. The Bertz CT molecular complexity index is 1090. The Hall–Kier alpha value is -2.21. The summed E-state index contributed by atoms with van der Waals surface area (Å²) in [5, 5.41) is 13.9. The van der Waals surface area contributed by atoms with Gasteiger partial charge in [-0.1, -0.05) is 50.0 Å². The van der Waals surface area contributed by atoms with Crippen LogP contribution in [0, 0.1) is 11.3 Å². The number of carbonyl (C=O) groups is 4. The number of benzene rings is 1. The summed E-state index contributed by atoms with van der Waals surface area (Å²) >= 11 is 16.6. The number of halogens is 2. The number of carbonyl (C=O) groups excluding carboxylic acids is 4. The Balaban J connectivity index is 2.31. The molecule has 5 atom stereocenters. The summed E-state index contributed by atoms with van der Waals surface area (Å²) in [6.07, 6.45) is 1.01. The van der Waals surface area contributed by atoms with Gasteiger partial charge in [-0.3, -0.25) is 14.4 Å². The molecule has 0 bridgehead atoms. The SMILES string of the molecule is CC(C)(C)NC(=O)N[C@H](C(=O)N[C@@H](Cc1ccc(Cl)c(Cl)c1)C(=O)N[C@@H](C[C@@H]1CCNC1=O)C(N)S)C(C)(C)C. The summed E-state index contributed by atoms with van der Waals surface area (Å²) < 4.78 is 0. The first kappa shape index (κ1) is 34.0. The van der Waals surface area contributed by atoms with Crippen molar-refractivity contribution < 1.29 is 19.2 Å². The lowest BCUT2D eigenvalue weighted by atomic mass is 9.86. The van der Waals surface area contributed by atoms with E-state index >= 15 is 0 Å². The number of hydrogen-bond acceptors (Lipinski definition) is 6. The van der Waals surface area contributed by atoms with Gasteiger partial charge in [-0.25, -0.2) is 4.79 Å². The van der Waals surface area contributed by atoms with E-state index in [0.717, 1.165) is 0 Å². The van der Waals surface area contributed by atoms with Crippen molar-refractivity contribution in [2.75, 3.05) is 6.54 Å². The predicted molar refractivity (Wildman–Crippen MR) is 161 cm³/mol. The van der Waals surface area contributed by atoms with Gasteiger partial charge in [0, 0.05) is 24.4 Å². The number of amides is 5. The molecule has 2 rings (SSSR count). The van der Waals surface area contributed by atoms with Crippen LogP contribution in [0.1, 0.15) is 59.9 Å². The fourth-order valence-corrected chi connectivity index (χ4v) is 4.81. The van der Waals surface area contributed by atoms with E-state index in [1.165, 1.54) is 0 Å². The molecule has 1 aromatic carbocycles. The number of urea groups is 1. The van der Waals surface area contributed by atoms with E-state index in [-0.39, 0.29) is 18.2 Å². The molecule has 40 heavy (non-hydrogen) atoms. The molecule has 1 heterocycles. The highest BCUT2D eigenvalue weighted by molar-refractivity contribution is 7.80. The third-order valence-corrected chi connectivity index (χ3v) is 7.49. The number of thiol groups is 1. The Morgan fingerprint density at radius 2 is 1.70 bits per heavy atom. The maximum absolute atomic E-state index is 13.6. The normalized spacial score (nSPS) is 18.6. The van der Waals surface area contributed by atoms with Gasteiger partial charge in [0.25, 0.3) is 0 Å². The minimum atomic E-state index is -1.06. The molecule has 0 saturated carbocycles. The Morgan fingerprint density at radius 3 is 2.20 bits per heavy atom. The highest BCUT2D eigenvalue weighted by Crippen LogP contribution is 2.24. The van der Waals surface area contributed by atoms with E-state index in [9.17, 15) is 19.2 Å². The van der Waals surface area contributed by atoms with Crippen molar-refractivity contribution in [2.24, 2.45) is 17.1 Å². The second-order valence-electron chi connectivity index (χ2n) is 12.3. The number of rotatable bonds is 10. The average molecular weight is 618 g/mol. The van der Waals surface area contributed by atoms with Crippen LogP contribution in [0.2, 0.25) is 10.0 Å². The van der Waals surface area contributed by atoms with Crippen molar-refractivity contribution >= 4 is 59.6 Å². The van der Waals surface area contributed by atoms with E-state index in [4.69, 9.17) is 28.9 Å². The van der Waals surface area contributed by atoms with Gasteiger partial charge < -0.3 is 32.3 Å². The first-order chi connectivity index (χ1) is 18.4. The summed E-state index contributed by atoms with van der Waals surface area (Å²) in [4.78, 5) is 52.0. The molecule has 1 unspecified atom stereocenters. The van der Waals surface area contributed by atoms with Crippen LogP contribution in [0.15, 0.2) is 18.2 Å². The molecule has 1 fully saturated rings. The zero-order chi connectivity index (χ0) is 30.4. The van der Waals surface area contributed by atoms with Gasteiger partial charge in [0.2, 0.25) is 17.7 Å².